The molecule has 12 heteroatoms. The van der Waals surface area contributed by atoms with E-state index in [0.29, 0.717) is 32.0 Å². The fourth-order valence-corrected chi connectivity index (χ4v) is 2.62. The molecule has 0 heterocycles. The molecular formula is C18H40N4O8. The zero-order valence-electron chi connectivity index (χ0n) is 18.8. The Morgan fingerprint density at radius 2 is 1.00 bits per heavy atom. The molecule has 0 aromatic rings. The lowest BCUT2D eigenvalue weighted by molar-refractivity contribution is -0.758. The first-order valence-electron chi connectivity index (χ1n) is 10.4. The van der Waals surface area contributed by atoms with Gasteiger partial charge in [-0.2, -0.15) is 0 Å². The van der Waals surface area contributed by atoms with Gasteiger partial charge < -0.3 is 29.7 Å². The standard InChI is InChI=1S/C9H19N3O6.C9H21NO2/c1-9(2)10(5-3-7-17-11(13)14)6-4-8-18-12(15)16;1-9(2)10(5-3-7-11)6-4-8-12/h9H,3-8H2,1-2H3;9,11-12H,3-8H2,1-2H3. The van der Waals surface area contributed by atoms with E-state index >= 15 is 0 Å². The second kappa shape index (κ2) is 20.5. The summed E-state index contributed by atoms with van der Waals surface area (Å²) in [6.45, 7) is 12.0. The average molecular weight is 441 g/mol. The fraction of sp³-hybridized carbons (Fsp3) is 1.00. The van der Waals surface area contributed by atoms with Gasteiger partial charge in [-0.15, -0.1) is 20.2 Å². The van der Waals surface area contributed by atoms with Crippen molar-refractivity contribution in [1.82, 2.24) is 9.80 Å². The predicted molar refractivity (Wildman–Crippen MR) is 112 cm³/mol. The molecule has 0 saturated carbocycles. The fourth-order valence-electron chi connectivity index (χ4n) is 2.62. The maximum atomic E-state index is 9.94. The van der Waals surface area contributed by atoms with Gasteiger partial charge in [-0.3, -0.25) is 0 Å². The maximum Gasteiger partial charge on any atom is 0.294 e. The van der Waals surface area contributed by atoms with Crippen molar-refractivity contribution < 1.29 is 30.1 Å². The van der Waals surface area contributed by atoms with Crippen molar-refractivity contribution in [2.45, 2.75) is 65.5 Å². The number of aliphatic hydroxyl groups is 2. The molecule has 0 bridgehead atoms. The van der Waals surface area contributed by atoms with Gasteiger partial charge in [0.15, 0.2) is 0 Å². The molecule has 0 rings (SSSR count). The Labute approximate surface area is 178 Å². The first-order valence-corrected chi connectivity index (χ1v) is 10.4. The lowest BCUT2D eigenvalue weighted by Gasteiger charge is -2.26. The van der Waals surface area contributed by atoms with Gasteiger partial charge in [0, 0.05) is 51.5 Å². The van der Waals surface area contributed by atoms with Crippen LogP contribution in [0.4, 0.5) is 0 Å². The quantitative estimate of drug-likeness (QED) is 0.181. The van der Waals surface area contributed by atoms with Gasteiger partial charge in [0.1, 0.15) is 0 Å². The second-order valence-corrected chi connectivity index (χ2v) is 7.23. The summed E-state index contributed by atoms with van der Waals surface area (Å²) in [6, 6.07) is 0.763. The summed E-state index contributed by atoms with van der Waals surface area (Å²) >= 11 is 0. The molecular weight excluding hydrogens is 400 g/mol. The molecule has 2 N–H and O–H groups in total. The second-order valence-electron chi connectivity index (χ2n) is 7.23. The van der Waals surface area contributed by atoms with E-state index in [9.17, 15) is 20.2 Å². The molecule has 180 valence electrons. The average Bonchev–Trinajstić information content (AvgIpc) is 2.66. The van der Waals surface area contributed by atoms with E-state index in [0.717, 1.165) is 25.9 Å². The van der Waals surface area contributed by atoms with Crippen LogP contribution in [0.15, 0.2) is 0 Å². The highest BCUT2D eigenvalue weighted by atomic mass is 17.0. The van der Waals surface area contributed by atoms with Crippen molar-refractivity contribution in [3.05, 3.63) is 20.2 Å². The largest absolute Gasteiger partial charge is 0.396 e. The van der Waals surface area contributed by atoms with Crippen molar-refractivity contribution in [1.29, 1.82) is 0 Å². The smallest absolute Gasteiger partial charge is 0.294 e. The molecule has 0 aliphatic carbocycles. The van der Waals surface area contributed by atoms with Crippen LogP contribution in [0.1, 0.15) is 53.4 Å². The SMILES string of the molecule is CC(C)N(CCCO)CCCO.CC(C)N(CCCO[N+](=O)[O-])CCCO[N+](=O)[O-]. The Balaban J connectivity index is 0. The van der Waals surface area contributed by atoms with E-state index in [1.54, 1.807) is 0 Å². The Bertz CT molecular complexity index is 397. The molecule has 0 unspecified atom stereocenters. The third-order valence-electron chi connectivity index (χ3n) is 4.24. The van der Waals surface area contributed by atoms with Crippen molar-refractivity contribution in [2.24, 2.45) is 0 Å². The van der Waals surface area contributed by atoms with E-state index in [-0.39, 0.29) is 32.5 Å². The van der Waals surface area contributed by atoms with E-state index < -0.39 is 10.2 Å². The lowest BCUT2D eigenvalue weighted by atomic mass is 10.2. The number of rotatable bonds is 18. The van der Waals surface area contributed by atoms with E-state index in [4.69, 9.17) is 10.2 Å². The highest BCUT2D eigenvalue weighted by Crippen LogP contribution is 2.02. The molecule has 0 saturated heterocycles. The maximum absolute atomic E-state index is 9.94. The van der Waals surface area contributed by atoms with Crippen LogP contribution >= 0.6 is 0 Å². The van der Waals surface area contributed by atoms with Gasteiger partial charge >= 0.3 is 0 Å². The van der Waals surface area contributed by atoms with Gasteiger partial charge in [0.2, 0.25) is 0 Å². The summed E-state index contributed by atoms with van der Waals surface area (Å²) in [5.74, 6) is 0. The zero-order valence-corrected chi connectivity index (χ0v) is 18.8. The van der Waals surface area contributed by atoms with E-state index in [1.165, 1.54) is 0 Å². The molecule has 0 atom stereocenters. The highest BCUT2D eigenvalue weighted by molar-refractivity contribution is 4.63. The van der Waals surface area contributed by atoms with Gasteiger partial charge in [-0.1, -0.05) is 0 Å². The Morgan fingerprint density at radius 1 is 0.700 bits per heavy atom. The zero-order chi connectivity index (χ0) is 23.4. The van der Waals surface area contributed by atoms with E-state index in [2.05, 4.69) is 33.3 Å². The monoisotopic (exact) mass is 440 g/mol. The van der Waals surface area contributed by atoms with Gasteiger partial charge in [0.05, 0.1) is 13.2 Å². The minimum atomic E-state index is -0.815. The highest BCUT2D eigenvalue weighted by Gasteiger charge is 2.09. The van der Waals surface area contributed by atoms with Crippen molar-refractivity contribution in [3.63, 3.8) is 0 Å². The minimum Gasteiger partial charge on any atom is -0.396 e. The van der Waals surface area contributed by atoms with Crippen LogP contribution < -0.4 is 0 Å². The molecule has 0 amide bonds. The minimum absolute atomic E-state index is 0.0572. The molecule has 0 radical (unpaired) electrons. The first-order chi connectivity index (χ1) is 14.1. The third kappa shape index (κ3) is 21.0. The normalized spacial score (nSPS) is 11.0. The van der Waals surface area contributed by atoms with E-state index in [1.807, 2.05) is 13.8 Å². The van der Waals surface area contributed by atoms with Crippen LogP contribution in [0, 0.1) is 20.2 Å². The van der Waals surface area contributed by atoms with Gasteiger partial charge in [-0.05, 0) is 53.4 Å². The topological polar surface area (TPSA) is 152 Å². The molecule has 0 aromatic carbocycles. The Hall–Kier alpha value is -1.76. The molecule has 0 aromatic heterocycles. The summed E-state index contributed by atoms with van der Waals surface area (Å²) < 4.78 is 0. The van der Waals surface area contributed by atoms with Gasteiger partial charge in [-0.25, -0.2) is 0 Å². The Morgan fingerprint density at radius 3 is 1.23 bits per heavy atom. The molecule has 0 fully saturated rings. The summed E-state index contributed by atoms with van der Waals surface area (Å²) in [5.41, 5.74) is 0. The van der Waals surface area contributed by atoms with Crippen LogP contribution in [0.3, 0.4) is 0 Å². The Kier molecular flexibility index (Phi) is 20.8. The summed E-state index contributed by atoms with van der Waals surface area (Å²) in [4.78, 5) is 32.6. The summed E-state index contributed by atoms with van der Waals surface area (Å²) in [5, 5.41) is 35.5. The summed E-state index contributed by atoms with van der Waals surface area (Å²) in [6.07, 6.45) is 2.72. The molecule has 0 spiro atoms. The van der Waals surface area contributed by atoms with Crippen LogP contribution in [-0.2, 0) is 9.68 Å². The van der Waals surface area contributed by atoms with Gasteiger partial charge in [0.25, 0.3) is 10.2 Å². The first kappa shape index (κ1) is 30.4. The number of aliphatic hydroxyl groups excluding tert-OH is 2. The predicted octanol–water partition coefficient (Wildman–Crippen LogP) is 1.36. The van der Waals surface area contributed by atoms with Crippen LogP contribution in [-0.4, -0.2) is 94.9 Å². The van der Waals surface area contributed by atoms with Crippen molar-refractivity contribution in [3.8, 4) is 0 Å². The lowest BCUT2D eigenvalue weighted by Crippen LogP contribution is -2.34. The van der Waals surface area contributed by atoms with Crippen LogP contribution in [0.2, 0.25) is 0 Å². The molecule has 30 heavy (non-hydrogen) atoms. The molecule has 0 aliphatic rings. The number of nitrogens with zero attached hydrogens (tertiary/aromatic N) is 4. The summed E-state index contributed by atoms with van der Waals surface area (Å²) in [7, 11) is 0. The van der Waals surface area contributed by atoms with Crippen molar-refractivity contribution in [2.75, 3.05) is 52.6 Å². The number of hydrogen-bond donors (Lipinski definition) is 2. The van der Waals surface area contributed by atoms with Crippen molar-refractivity contribution >= 4 is 0 Å². The number of hydrogen-bond acceptors (Lipinski definition) is 10. The molecule has 0 aliphatic heterocycles. The van der Waals surface area contributed by atoms with Crippen LogP contribution in [0.25, 0.3) is 0 Å². The molecule has 12 nitrogen and oxygen atoms in total. The van der Waals surface area contributed by atoms with Crippen LogP contribution in [0.5, 0.6) is 0 Å². The third-order valence-corrected chi connectivity index (χ3v) is 4.24.